The third kappa shape index (κ3) is 5.80. The molecule has 3 aromatic carbocycles. The second kappa shape index (κ2) is 11.6. The Bertz CT molecular complexity index is 1470. The van der Waals surface area contributed by atoms with Gasteiger partial charge in [0.15, 0.2) is 23.0 Å². The van der Waals surface area contributed by atoms with Crippen LogP contribution in [0.3, 0.4) is 0 Å². The van der Waals surface area contributed by atoms with Gasteiger partial charge in [0.2, 0.25) is 12.7 Å². The summed E-state index contributed by atoms with van der Waals surface area (Å²) in [7, 11) is -1.06. The van der Waals surface area contributed by atoms with Crippen molar-refractivity contribution in [1.29, 1.82) is 0 Å². The smallest absolute Gasteiger partial charge is 0.264 e. The molecule has 40 heavy (non-hydrogen) atoms. The number of carbonyl (C=O) groups is 1. The first kappa shape index (κ1) is 27.6. The Morgan fingerprint density at radius 1 is 0.875 bits per heavy atom. The number of rotatable bonds is 9. The number of sulfonamides is 1. The van der Waals surface area contributed by atoms with Crippen molar-refractivity contribution in [3.63, 3.8) is 0 Å². The highest BCUT2D eigenvalue weighted by molar-refractivity contribution is 7.92. The number of benzene rings is 3. The molecule has 1 saturated heterocycles. The number of aryl methyl sites for hydroxylation is 1. The van der Waals surface area contributed by atoms with Gasteiger partial charge in [-0.1, -0.05) is 23.8 Å². The van der Waals surface area contributed by atoms with Gasteiger partial charge in [-0.2, -0.15) is 0 Å². The summed E-state index contributed by atoms with van der Waals surface area (Å²) < 4.78 is 50.4. The highest BCUT2D eigenvalue weighted by Crippen LogP contribution is 2.35. The Labute approximate surface area is 234 Å². The van der Waals surface area contributed by atoms with Gasteiger partial charge in [0.05, 0.1) is 24.8 Å². The van der Waals surface area contributed by atoms with Gasteiger partial charge in [0.25, 0.3) is 10.0 Å². The third-order valence-corrected chi connectivity index (χ3v) is 8.90. The molecule has 0 aliphatic carbocycles. The predicted molar refractivity (Wildman–Crippen MR) is 150 cm³/mol. The summed E-state index contributed by atoms with van der Waals surface area (Å²) in [4.78, 5) is 17.6. The van der Waals surface area contributed by atoms with Gasteiger partial charge in [-0.15, -0.1) is 0 Å². The molecular formula is C29H33N3O7S. The van der Waals surface area contributed by atoms with Crippen molar-refractivity contribution in [2.24, 2.45) is 0 Å². The zero-order valence-electron chi connectivity index (χ0n) is 22.8. The number of hydrogen-bond acceptors (Lipinski definition) is 8. The van der Waals surface area contributed by atoms with Crippen molar-refractivity contribution in [3.8, 4) is 23.0 Å². The van der Waals surface area contributed by atoms with Crippen molar-refractivity contribution in [3.05, 3.63) is 71.8 Å². The van der Waals surface area contributed by atoms with Crippen LogP contribution in [0.2, 0.25) is 0 Å². The molecule has 1 amide bonds. The molecule has 0 bridgehead atoms. The largest absolute Gasteiger partial charge is 0.493 e. The van der Waals surface area contributed by atoms with Crippen LogP contribution in [0.1, 0.15) is 11.1 Å². The van der Waals surface area contributed by atoms with Crippen LogP contribution in [0.25, 0.3) is 0 Å². The van der Waals surface area contributed by atoms with Crippen molar-refractivity contribution < 1.29 is 32.2 Å². The Kier molecular flexibility index (Phi) is 8.04. The van der Waals surface area contributed by atoms with Gasteiger partial charge in [-0.05, 0) is 48.9 Å². The maximum Gasteiger partial charge on any atom is 0.264 e. The highest BCUT2D eigenvalue weighted by Gasteiger charge is 2.31. The van der Waals surface area contributed by atoms with E-state index in [1.807, 2.05) is 25.1 Å². The number of anilines is 1. The zero-order chi connectivity index (χ0) is 28.3. The standard InChI is InChI=1S/C29H33N3O7S/c1-21-4-8-24(9-5-21)40(34,35)32(23-7-11-25(36-2)27(17-23)37-3)19-29(33)31-14-12-30(13-15-31)18-22-6-10-26-28(16-22)39-20-38-26/h4-11,16-17H,12-15,18-20H2,1-3H3. The van der Waals surface area contributed by atoms with Crippen LogP contribution in [0.15, 0.2) is 65.6 Å². The van der Waals surface area contributed by atoms with Crippen molar-refractivity contribution in [1.82, 2.24) is 9.80 Å². The molecule has 0 spiro atoms. The molecular weight excluding hydrogens is 534 g/mol. The molecule has 11 heteroatoms. The minimum Gasteiger partial charge on any atom is -0.493 e. The molecule has 5 rings (SSSR count). The molecule has 0 saturated carbocycles. The molecule has 0 aromatic heterocycles. The molecule has 3 aromatic rings. The molecule has 1 fully saturated rings. The quantitative estimate of drug-likeness (QED) is 0.389. The van der Waals surface area contributed by atoms with Crippen LogP contribution < -0.4 is 23.3 Å². The highest BCUT2D eigenvalue weighted by atomic mass is 32.2. The van der Waals surface area contributed by atoms with E-state index in [1.165, 1.54) is 14.2 Å². The van der Waals surface area contributed by atoms with Crippen LogP contribution >= 0.6 is 0 Å². The predicted octanol–water partition coefficient (Wildman–Crippen LogP) is 3.28. The van der Waals surface area contributed by atoms with E-state index in [4.69, 9.17) is 18.9 Å². The van der Waals surface area contributed by atoms with E-state index in [2.05, 4.69) is 4.90 Å². The average Bonchev–Trinajstić information content (AvgIpc) is 3.44. The zero-order valence-corrected chi connectivity index (χ0v) is 23.6. The van der Waals surface area contributed by atoms with Gasteiger partial charge in [-0.3, -0.25) is 14.0 Å². The molecule has 0 radical (unpaired) electrons. The monoisotopic (exact) mass is 567 g/mol. The van der Waals surface area contributed by atoms with Crippen LogP contribution in [0.4, 0.5) is 5.69 Å². The lowest BCUT2D eigenvalue weighted by Crippen LogP contribution is -2.51. The molecule has 2 aliphatic rings. The fourth-order valence-corrected chi connectivity index (χ4v) is 6.21. The maximum atomic E-state index is 13.8. The maximum absolute atomic E-state index is 13.8. The van der Waals surface area contributed by atoms with E-state index in [0.29, 0.717) is 43.4 Å². The van der Waals surface area contributed by atoms with E-state index in [0.717, 1.165) is 33.5 Å². The first-order valence-corrected chi connectivity index (χ1v) is 14.4. The second-order valence-electron chi connectivity index (χ2n) is 9.71. The van der Waals surface area contributed by atoms with Gasteiger partial charge < -0.3 is 23.8 Å². The van der Waals surface area contributed by atoms with Crippen LogP contribution in [0, 0.1) is 6.92 Å². The Balaban J connectivity index is 1.31. The third-order valence-electron chi connectivity index (χ3n) is 7.11. The van der Waals surface area contributed by atoms with Crippen LogP contribution in [-0.2, 0) is 21.4 Å². The van der Waals surface area contributed by atoms with Crippen LogP contribution in [-0.4, -0.2) is 77.9 Å². The van der Waals surface area contributed by atoms with Gasteiger partial charge >= 0.3 is 0 Å². The van der Waals surface area contributed by atoms with Crippen molar-refractivity contribution in [2.45, 2.75) is 18.4 Å². The lowest BCUT2D eigenvalue weighted by atomic mass is 10.1. The fraction of sp³-hybridized carbons (Fsp3) is 0.345. The number of piperazine rings is 1. The van der Waals surface area contributed by atoms with Gasteiger partial charge in [0.1, 0.15) is 6.54 Å². The van der Waals surface area contributed by atoms with Gasteiger partial charge in [-0.25, -0.2) is 8.42 Å². The molecule has 2 heterocycles. The Morgan fingerprint density at radius 2 is 1.57 bits per heavy atom. The summed E-state index contributed by atoms with van der Waals surface area (Å²) >= 11 is 0. The minimum absolute atomic E-state index is 0.106. The number of fused-ring (bicyclic) bond motifs is 1. The molecule has 0 atom stereocenters. The second-order valence-corrected chi connectivity index (χ2v) is 11.6. The Morgan fingerprint density at radius 3 is 2.27 bits per heavy atom. The first-order chi connectivity index (χ1) is 19.3. The van der Waals surface area contributed by atoms with Crippen LogP contribution in [0.5, 0.6) is 23.0 Å². The van der Waals surface area contributed by atoms with Crippen molar-refractivity contribution in [2.75, 3.05) is 58.0 Å². The SMILES string of the molecule is COc1ccc(N(CC(=O)N2CCN(Cc3ccc4c(c3)OCO4)CC2)S(=O)(=O)c2ccc(C)cc2)cc1OC. The number of nitrogens with zero attached hydrogens (tertiary/aromatic N) is 3. The topological polar surface area (TPSA) is 97.9 Å². The summed E-state index contributed by atoms with van der Waals surface area (Å²) in [6, 6.07) is 17.3. The Hall–Kier alpha value is -3.96. The van der Waals surface area contributed by atoms with E-state index >= 15 is 0 Å². The van der Waals surface area contributed by atoms with E-state index in [9.17, 15) is 13.2 Å². The van der Waals surface area contributed by atoms with Gasteiger partial charge in [0, 0.05) is 38.8 Å². The number of hydrogen-bond donors (Lipinski definition) is 0. The number of methoxy groups -OCH3 is 2. The van der Waals surface area contributed by atoms with E-state index < -0.39 is 10.0 Å². The normalized spacial score (nSPS) is 15.1. The molecule has 0 N–H and O–H groups in total. The summed E-state index contributed by atoms with van der Waals surface area (Å²) in [5, 5.41) is 0. The minimum atomic E-state index is -4.05. The summed E-state index contributed by atoms with van der Waals surface area (Å²) in [6.07, 6.45) is 0. The molecule has 212 valence electrons. The summed E-state index contributed by atoms with van der Waals surface area (Å²) in [5.74, 6) is 2.06. The molecule has 0 unspecified atom stereocenters. The lowest BCUT2D eigenvalue weighted by Gasteiger charge is -2.36. The first-order valence-electron chi connectivity index (χ1n) is 13.0. The summed E-state index contributed by atoms with van der Waals surface area (Å²) in [6.45, 7) is 4.83. The van der Waals surface area contributed by atoms with Crippen molar-refractivity contribution >= 4 is 21.6 Å². The molecule has 2 aliphatic heterocycles. The number of carbonyl (C=O) groups excluding carboxylic acids is 1. The number of amides is 1. The van der Waals surface area contributed by atoms with E-state index in [1.54, 1.807) is 47.4 Å². The van der Waals surface area contributed by atoms with E-state index in [-0.39, 0.29) is 24.1 Å². The summed E-state index contributed by atoms with van der Waals surface area (Å²) in [5.41, 5.74) is 2.35. The number of ether oxygens (including phenoxy) is 4. The fourth-order valence-electron chi connectivity index (χ4n) is 4.81. The molecule has 10 nitrogen and oxygen atoms in total. The average molecular weight is 568 g/mol. The lowest BCUT2D eigenvalue weighted by molar-refractivity contribution is -0.131.